The molecule has 1 saturated heterocycles. The summed E-state index contributed by atoms with van der Waals surface area (Å²) in [5.74, 6) is -0.987. The molecule has 1 aromatic carbocycles. The van der Waals surface area contributed by atoms with Gasteiger partial charge in [-0.05, 0) is 11.6 Å². The van der Waals surface area contributed by atoms with Crippen molar-refractivity contribution in [3.63, 3.8) is 0 Å². The number of imide groups is 1. The van der Waals surface area contributed by atoms with Crippen LogP contribution >= 0.6 is 11.8 Å². The first kappa shape index (κ1) is 17.4. The van der Waals surface area contributed by atoms with E-state index in [2.05, 4.69) is 15.5 Å². The summed E-state index contributed by atoms with van der Waals surface area (Å²) in [5, 5.41) is 11.7. The summed E-state index contributed by atoms with van der Waals surface area (Å²) in [6.45, 7) is 0. The van der Waals surface area contributed by atoms with Gasteiger partial charge >= 0.3 is 6.03 Å². The fourth-order valence-electron chi connectivity index (χ4n) is 1.79. The largest absolute Gasteiger partial charge is 0.351 e. The van der Waals surface area contributed by atoms with Gasteiger partial charge in [0.15, 0.2) is 5.17 Å². The number of nitrogens with two attached hydrogens (primary N) is 1. The topological polar surface area (TPSA) is 126 Å². The number of hydrogen-bond acceptors (Lipinski definition) is 6. The number of carbonyl (C=O) groups is 3. The van der Waals surface area contributed by atoms with Crippen LogP contribution in [-0.4, -0.2) is 34.5 Å². The molecule has 0 radical (unpaired) electrons. The van der Waals surface area contributed by atoms with Gasteiger partial charge in [-0.1, -0.05) is 48.2 Å². The zero-order chi connectivity index (χ0) is 17.4. The molecular formula is C15H15N5O3S. The van der Waals surface area contributed by atoms with Gasteiger partial charge in [-0.3, -0.25) is 14.9 Å². The number of thioether (sulfide) groups is 1. The van der Waals surface area contributed by atoms with E-state index in [9.17, 15) is 14.4 Å². The third-order valence-corrected chi connectivity index (χ3v) is 3.87. The molecule has 8 nitrogen and oxygen atoms in total. The molecule has 9 heteroatoms. The Morgan fingerprint density at radius 2 is 2.08 bits per heavy atom. The Kier molecular flexibility index (Phi) is 6.26. The number of benzene rings is 1. The highest BCUT2D eigenvalue weighted by Crippen LogP contribution is 2.22. The Morgan fingerprint density at radius 3 is 2.79 bits per heavy atom. The van der Waals surface area contributed by atoms with Crippen LogP contribution in [0.1, 0.15) is 12.0 Å². The lowest BCUT2D eigenvalue weighted by atomic mass is 10.2. The highest BCUT2D eigenvalue weighted by Gasteiger charge is 2.32. The lowest BCUT2D eigenvalue weighted by molar-refractivity contribution is -0.124. The number of rotatable bonds is 5. The molecule has 1 fully saturated rings. The highest BCUT2D eigenvalue weighted by atomic mass is 32.2. The number of nitrogens with zero attached hydrogens (tertiary/aromatic N) is 2. The quantitative estimate of drug-likeness (QED) is 0.540. The first-order valence-electron chi connectivity index (χ1n) is 6.94. The number of amides is 4. The molecule has 0 aliphatic carbocycles. The third kappa shape index (κ3) is 5.69. The molecular weight excluding hydrogens is 330 g/mol. The molecule has 1 atom stereocenters. The van der Waals surface area contributed by atoms with Gasteiger partial charge in [-0.15, -0.1) is 5.10 Å². The van der Waals surface area contributed by atoms with Crippen LogP contribution in [0.5, 0.6) is 0 Å². The number of urea groups is 1. The Labute approximate surface area is 142 Å². The minimum atomic E-state index is -0.952. The number of allylic oxidation sites excluding steroid dienone is 1. The van der Waals surface area contributed by atoms with E-state index < -0.39 is 17.2 Å². The van der Waals surface area contributed by atoms with Gasteiger partial charge in [0.05, 0.1) is 0 Å². The Bertz CT molecular complexity index is 715. The van der Waals surface area contributed by atoms with Crippen LogP contribution in [0, 0.1) is 0 Å². The van der Waals surface area contributed by atoms with Gasteiger partial charge in [0.25, 0.3) is 0 Å². The smallest absolute Gasteiger partial charge is 0.318 e. The summed E-state index contributed by atoms with van der Waals surface area (Å²) < 4.78 is 0. The van der Waals surface area contributed by atoms with E-state index >= 15 is 0 Å². The van der Waals surface area contributed by atoms with Gasteiger partial charge in [-0.25, -0.2) is 4.79 Å². The van der Waals surface area contributed by atoms with Crippen molar-refractivity contribution in [3.05, 3.63) is 42.0 Å². The van der Waals surface area contributed by atoms with Crippen LogP contribution in [0.25, 0.3) is 6.08 Å². The molecule has 1 unspecified atom stereocenters. The second-order valence-electron chi connectivity index (χ2n) is 4.65. The van der Waals surface area contributed by atoms with E-state index in [-0.39, 0.29) is 12.3 Å². The van der Waals surface area contributed by atoms with E-state index in [1.54, 1.807) is 6.08 Å². The molecule has 2 rings (SSSR count). The van der Waals surface area contributed by atoms with Crippen molar-refractivity contribution >= 4 is 47.1 Å². The lowest BCUT2D eigenvalue weighted by Gasteiger charge is -2.03. The summed E-state index contributed by atoms with van der Waals surface area (Å²) in [4.78, 5) is 33.7. The molecule has 1 aliphatic heterocycles. The molecule has 124 valence electrons. The summed E-state index contributed by atoms with van der Waals surface area (Å²) in [6, 6.07) is 8.73. The zero-order valence-corrected chi connectivity index (χ0v) is 13.3. The van der Waals surface area contributed by atoms with Gasteiger partial charge < -0.3 is 11.1 Å². The molecule has 0 spiro atoms. The second kappa shape index (κ2) is 8.63. The monoisotopic (exact) mass is 345 g/mol. The Balaban J connectivity index is 1.85. The maximum absolute atomic E-state index is 11.7. The van der Waals surface area contributed by atoms with Crippen molar-refractivity contribution in [1.82, 2.24) is 10.6 Å². The van der Waals surface area contributed by atoms with Crippen molar-refractivity contribution in [2.75, 3.05) is 0 Å². The predicted molar refractivity (Wildman–Crippen MR) is 93.3 cm³/mol. The number of hydrogen-bond donors (Lipinski definition) is 3. The SMILES string of the molecule is NC(=O)NC(=O)CC1S/C(=N/N=C/C=C/c2ccccc2)NC1=O. The molecule has 1 aromatic rings. The van der Waals surface area contributed by atoms with E-state index in [0.29, 0.717) is 5.17 Å². The van der Waals surface area contributed by atoms with Crippen LogP contribution in [0.2, 0.25) is 0 Å². The minimum absolute atomic E-state index is 0.171. The molecule has 24 heavy (non-hydrogen) atoms. The van der Waals surface area contributed by atoms with Crippen LogP contribution in [0.15, 0.2) is 46.6 Å². The van der Waals surface area contributed by atoms with Gasteiger partial charge in [0, 0.05) is 12.6 Å². The number of amidine groups is 1. The number of nitrogens with one attached hydrogen (secondary N) is 2. The zero-order valence-electron chi connectivity index (χ0n) is 12.5. The van der Waals surface area contributed by atoms with Crippen molar-refractivity contribution in [2.45, 2.75) is 11.7 Å². The Hall–Kier alpha value is -2.94. The Morgan fingerprint density at radius 1 is 1.33 bits per heavy atom. The summed E-state index contributed by atoms with van der Waals surface area (Å²) in [5.41, 5.74) is 5.87. The first-order chi connectivity index (χ1) is 11.5. The summed E-state index contributed by atoms with van der Waals surface area (Å²) >= 11 is 1.07. The van der Waals surface area contributed by atoms with Crippen LogP contribution in [0.3, 0.4) is 0 Å². The van der Waals surface area contributed by atoms with Crippen molar-refractivity contribution in [3.8, 4) is 0 Å². The second-order valence-corrected chi connectivity index (χ2v) is 5.84. The molecule has 4 amide bonds. The van der Waals surface area contributed by atoms with E-state index in [1.807, 2.05) is 41.7 Å². The fraction of sp³-hybridized carbons (Fsp3) is 0.133. The van der Waals surface area contributed by atoms with Crippen LogP contribution < -0.4 is 16.4 Å². The molecule has 1 aliphatic rings. The average Bonchev–Trinajstić information content (AvgIpc) is 2.87. The van der Waals surface area contributed by atoms with E-state index in [0.717, 1.165) is 17.3 Å². The third-order valence-electron chi connectivity index (χ3n) is 2.80. The standard InChI is InChI=1S/C15H15N5O3S/c16-14(23)18-12(21)9-11-13(22)19-15(24-11)20-17-8-4-7-10-5-2-1-3-6-10/h1-8,11H,9H2,(H,19,20,22)(H3,16,18,21,23)/b7-4+,17-8+. The van der Waals surface area contributed by atoms with Gasteiger partial charge in [0.2, 0.25) is 11.8 Å². The highest BCUT2D eigenvalue weighted by molar-refractivity contribution is 8.15. The molecule has 0 bridgehead atoms. The summed E-state index contributed by atoms with van der Waals surface area (Å²) in [6.07, 6.45) is 4.90. The summed E-state index contributed by atoms with van der Waals surface area (Å²) in [7, 11) is 0. The van der Waals surface area contributed by atoms with Crippen molar-refractivity contribution in [2.24, 2.45) is 15.9 Å². The predicted octanol–water partition coefficient (Wildman–Crippen LogP) is 0.858. The van der Waals surface area contributed by atoms with E-state index in [1.165, 1.54) is 6.21 Å². The molecule has 4 N–H and O–H groups in total. The maximum atomic E-state index is 11.7. The molecule has 0 saturated carbocycles. The number of carbonyl (C=O) groups excluding carboxylic acids is 3. The van der Waals surface area contributed by atoms with Crippen molar-refractivity contribution < 1.29 is 14.4 Å². The first-order valence-corrected chi connectivity index (χ1v) is 7.82. The van der Waals surface area contributed by atoms with Gasteiger partial charge in [-0.2, -0.15) is 5.10 Å². The van der Waals surface area contributed by atoms with Gasteiger partial charge in [0.1, 0.15) is 5.25 Å². The lowest BCUT2D eigenvalue weighted by Crippen LogP contribution is -2.37. The van der Waals surface area contributed by atoms with Crippen LogP contribution in [0.4, 0.5) is 4.79 Å². The average molecular weight is 345 g/mol. The molecule has 1 heterocycles. The normalized spacial score (nSPS) is 19.1. The van der Waals surface area contributed by atoms with E-state index in [4.69, 9.17) is 5.73 Å². The maximum Gasteiger partial charge on any atom is 0.318 e. The molecule has 0 aromatic heterocycles. The number of primary amides is 1. The van der Waals surface area contributed by atoms with Crippen molar-refractivity contribution in [1.29, 1.82) is 0 Å². The fourth-order valence-corrected chi connectivity index (χ4v) is 2.71. The minimum Gasteiger partial charge on any atom is -0.351 e. The van der Waals surface area contributed by atoms with Crippen LogP contribution in [-0.2, 0) is 9.59 Å².